The van der Waals surface area contributed by atoms with E-state index in [1.54, 1.807) is 47.3 Å². The lowest BCUT2D eigenvalue weighted by Gasteiger charge is -2.36. The van der Waals surface area contributed by atoms with Gasteiger partial charge in [-0.2, -0.15) is 0 Å². The summed E-state index contributed by atoms with van der Waals surface area (Å²) in [6, 6.07) is 10.4. The van der Waals surface area contributed by atoms with Gasteiger partial charge >= 0.3 is 5.97 Å². The third kappa shape index (κ3) is 5.96. The Balaban J connectivity index is 1.68. The van der Waals surface area contributed by atoms with E-state index in [1.165, 1.54) is 11.8 Å². The minimum Gasteiger partial charge on any atom is -0.497 e. The number of benzene rings is 1. The van der Waals surface area contributed by atoms with E-state index in [0.29, 0.717) is 34.5 Å². The Morgan fingerprint density at radius 1 is 1.14 bits per heavy atom. The van der Waals surface area contributed by atoms with E-state index >= 15 is 0 Å². The molecule has 1 amide bonds. The number of allylic oxidation sites excluding steroid dienone is 1. The Morgan fingerprint density at radius 3 is 2.49 bits per heavy atom. The van der Waals surface area contributed by atoms with Gasteiger partial charge in [0.25, 0.3) is 0 Å². The van der Waals surface area contributed by atoms with Crippen LogP contribution in [0.2, 0.25) is 0 Å². The molecule has 0 saturated carbocycles. The Labute approximate surface area is 220 Å². The molecule has 3 heterocycles. The average molecular weight is 523 g/mol. The predicted octanol–water partition coefficient (Wildman–Crippen LogP) is 4.33. The molecule has 0 fully saturated rings. The van der Waals surface area contributed by atoms with Crippen LogP contribution in [0.4, 0.5) is 0 Å². The highest BCUT2D eigenvalue weighted by Crippen LogP contribution is 2.46. The first-order valence-electron chi connectivity index (χ1n) is 11.9. The summed E-state index contributed by atoms with van der Waals surface area (Å²) in [5.74, 6) is 0.535. The second-order valence-electron chi connectivity index (χ2n) is 8.77. The summed E-state index contributed by atoms with van der Waals surface area (Å²) in [6.45, 7) is 5.72. The van der Waals surface area contributed by atoms with Crippen LogP contribution < -0.4 is 14.8 Å². The van der Waals surface area contributed by atoms with Crippen LogP contribution in [0.3, 0.4) is 0 Å². The minimum absolute atomic E-state index is 0.0992. The number of aromatic nitrogens is 1. The van der Waals surface area contributed by atoms with Crippen molar-refractivity contribution in [2.24, 2.45) is 4.99 Å². The van der Waals surface area contributed by atoms with E-state index in [2.05, 4.69) is 10.3 Å². The minimum atomic E-state index is -0.590. The average Bonchev–Trinajstić information content (AvgIpc) is 3.27. The van der Waals surface area contributed by atoms with Crippen LogP contribution in [0.25, 0.3) is 0 Å². The molecule has 0 saturated heterocycles. The fraction of sp³-hybridized carbons (Fsp3) is 0.333. The Hall–Kier alpha value is -3.79. The fourth-order valence-electron chi connectivity index (χ4n) is 4.13. The second kappa shape index (κ2) is 11.5. The summed E-state index contributed by atoms with van der Waals surface area (Å²) in [4.78, 5) is 37.1. The highest BCUT2D eigenvalue weighted by Gasteiger charge is 2.41. The summed E-state index contributed by atoms with van der Waals surface area (Å²) in [6.07, 6.45) is 1.48. The van der Waals surface area contributed by atoms with Crippen molar-refractivity contribution in [1.29, 1.82) is 0 Å². The van der Waals surface area contributed by atoms with Crippen molar-refractivity contribution in [2.45, 2.75) is 45.9 Å². The van der Waals surface area contributed by atoms with E-state index in [1.807, 2.05) is 40.6 Å². The highest BCUT2D eigenvalue weighted by molar-refractivity contribution is 8.16. The standard InChI is InChI=1S/C27H30N4O5S/c1-16(2)36-26(33)24-17(3)30-27-31(25(24)18-10-21(34-4)13-22(11-18)35-5)20(15-37-27)12-23(32)29-14-19-8-6-7-9-28-19/h6-11,13,15-16,25H,12,14H2,1-5H3,(H,29,32)/t25-/m0/s1. The molecule has 0 aliphatic carbocycles. The summed E-state index contributed by atoms with van der Waals surface area (Å²) >= 11 is 1.41. The zero-order valence-corrected chi connectivity index (χ0v) is 22.3. The van der Waals surface area contributed by atoms with E-state index < -0.39 is 12.0 Å². The van der Waals surface area contributed by atoms with Crippen molar-refractivity contribution in [3.05, 3.63) is 76.2 Å². The molecule has 0 radical (unpaired) electrons. The number of amides is 1. The van der Waals surface area contributed by atoms with Crippen LogP contribution in [0, 0.1) is 0 Å². The predicted molar refractivity (Wildman–Crippen MR) is 142 cm³/mol. The van der Waals surface area contributed by atoms with Gasteiger partial charge in [-0.15, -0.1) is 0 Å². The van der Waals surface area contributed by atoms with Gasteiger partial charge in [0.1, 0.15) is 11.5 Å². The number of aliphatic imine (C=N–C) groups is 1. The monoisotopic (exact) mass is 522 g/mol. The number of nitrogens with one attached hydrogen (secondary N) is 1. The molecule has 4 rings (SSSR count). The van der Waals surface area contributed by atoms with Gasteiger partial charge in [-0.25, -0.2) is 9.79 Å². The van der Waals surface area contributed by atoms with Crippen molar-refractivity contribution in [3.8, 4) is 11.5 Å². The van der Waals surface area contributed by atoms with Gasteiger partial charge in [0.05, 0.1) is 56.3 Å². The SMILES string of the molecule is COc1cc(OC)cc([C@H]2C(C(=O)OC(C)C)=C(C)N=C3SC=C(CC(=O)NCc4ccccn4)N32)c1. The number of ether oxygens (including phenoxy) is 3. The van der Waals surface area contributed by atoms with Crippen LogP contribution in [-0.4, -0.2) is 47.3 Å². The Kier molecular flexibility index (Phi) is 8.17. The molecule has 2 aromatic rings. The number of fused-ring (bicyclic) bond motifs is 1. The maximum absolute atomic E-state index is 13.3. The maximum Gasteiger partial charge on any atom is 0.338 e. The molecule has 37 heavy (non-hydrogen) atoms. The van der Waals surface area contributed by atoms with Gasteiger partial charge in [0.15, 0.2) is 5.17 Å². The molecular weight excluding hydrogens is 492 g/mol. The van der Waals surface area contributed by atoms with Crippen LogP contribution >= 0.6 is 11.8 Å². The molecule has 1 aromatic heterocycles. The molecule has 9 nitrogen and oxygen atoms in total. The lowest BCUT2D eigenvalue weighted by atomic mass is 9.93. The van der Waals surface area contributed by atoms with E-state index in [-0.39, 0.29) is 18.4 Å². The lowest BCUT2D eigenvalue weighted by Crippen LogP contribution is -2.38. The number of pyridine rings is 1. The number of amidine groups is 1. The molecule has 1 N–H and O–H groups in total. The molecule has 10 heteroatoms. The summed E-state index contributed by atoms with van der Waals surface area (Å²) in [5.41, 5.74) is 3.20. The zero-order valence-electron chi connectivity index (χ0n) is 21.5. The van der Waals surface area contributed by atoms with Gasteiger partial charge in [0, 0.05) is 18.0 Å². The molecule has 0 spiro atoms. The van der Waals surface area contributed by atoms with Gasteiger partial charge in [-0.3, -0.25) is 9.78 Å². The first-order valence-corrected chi connectivity index (χ1v) is 12.7. The summed E-state index contributed by atoms with van der Waals surface area (Å²) in [7, 11) is 3.15. The first-order chi connectivity index (χ1) is 17.8. The molecule has 2 aliphatic rings. The van der Waals surface area contributed by atoms with Crippen LogP contribution in [0.5, 0.6) is 11.5 Å². The molecule has 2 aliphatic heterocycles. The Morgan fingerprint density at radius 2 is 1.86 bits per heavy atom. The van der Waals surface area contributed by atoms with Crippen molar-refractivity contribution >= 4 is 28.8 Å². The van der Waals surface area contributed by atoms with E-state index in [4.69, 9.17) is 19.2 Å². The lowest BCUT2D eigenvalue weighted by molar-refractivity contribution is -0.143. The van der Waals surface area contributed by atoms with Gasteiger partial charge in [0.2, 0.25) is 5.91 Å². The van der Waals surface area contributed by atoms with E-state index in [0.717, 1.165) is 17.0 Å². The van der Waals surface area contributed by atoms with Crippen LogP contribution in [0.15, 0.2) is 70.0 Å². The van der Waals surface area contributed by atoms with Gasteiger partial charge in [-0.05, 0) is 56.0 Å². The number of esters is 1. The number of rotatable bonds is 9. The zero-order chi connectivity index (χ0) is 26.5. The van der Waals surface area contributed by atoms with E-state index in [9.17, 15) is 9.59 Å². The van der Waals surface area contributed by atoms with Crippen molar-refractivity contribution in [2.75, 3.05) is 14.2 Å². The molecule has 0 bridgehead atoms. The summed E-state index contributed by atoms with van der Waals surface area (Å²) < 4.78 is 16.6. The number of carbonyl (C=O) groups is 2. The molecule has 1 atom stereocenters. The van der Waals surface area contributed by atoms with Gasteiger partial charge < -0.3 is 24.4 Å². The fourth-order valence-corrected chi connectivity index (χ4v) is 5.09. The number of thioether (sulfide) groups is 1. The van der Waals surface area contributed by atoms with Crippen molar-refractivity contribution in [1.82, 2.24) is 15.2 Å². The third-order valence-electron chi connectivity index (χ3n) is 5.79. The molecule has 1 aromatic carbocycles. The van der Waals surface area contributed by atoms with Crippen molar-refractivity contribution < 1.29 is 23.8 Å². The topological polar surface area (TPSA) is 102 Å². The smallest absolute Gasteiger partial charge is 0.338 e. The maximum atomic E-state index is 13.3. The number of methoxy groups -OCH3 is 2. The normalized spacial score (nSPS) is 16.7. The highest BCUT2D eigenvalue weighted by atomic mass is 32.2. The van der Waals surface area contributed by atoms with Crippen molar-refractivity contribution in [3.63, 3.8) is 0 Å². The number of hydrogen-bond donors (Lipinski definition) is 1. The van der Waals surface area contributed by atoms with Crippen LogP contribution in [-0.2, 0) is 20.9 Å². The summed E-state index contributed by atoms with van der Waals surface area (Å²) in [5, 5.41) is 5.49. The Bertz CT molecular complexity index is 1250. The van der Waals surface area contributed by atoms with Gasteiger partial charge in [-0.1, -0.05) is 17.8 Å². The third-order valence-corrected chi connectivity index (χ3v) is 6.68. The largest absolute Gasteiger partial charge is 0.497 e. The quantitative estimate of drug-likeness (QED) is 0.486. The molecule has 0 unspecified atom stereocenters. The first kappa shape index (κ1) is 26.3. The number of hydrogen-bond acceptors (Lipinski definition) is 9. The van der Waals surface area contributed by atoms with Crippen LogP contribution in [0.1, 0.15) is 44.5 Å². The number of carbonyl (C=O) groups excluding carboxylic acids is 2. The molecule has 194 valence electrons. The number of nitrogens with zero attached hydrogens (tertiary/aromatic N) is 3. The molecular formula is C27H30N4O5S. The second-order valence-corrected chi connectivity index (χ2v) is 9.60.